The minimum Gasteiger partial charge on any atom is -0.462 e. The van der Waals surface area contributed by atoms with E-state index in [9.17, 15) is 9.59 Å². The largest absolute Gasteiger partial charge is 0.462 e. The molecule has 0 aromatic heterocycles. The number of carbonyl (C=O) groups excluding carboxylic acids is 2. The molecule has 146 valence electrons. The minimum atomic E-state index is -0.645. The third kappa shape index (κ3) is 3.80. The number of aliphatic hydroxyl groups is 1. The number of aliphatic hydroxyl groups excluding tert-OH is 1. The first-order valence-electron chi connectivity index (χ1n) is 9.76. The number of aldehydes is 1. The molecule has 0 spiro atoms. The van der Waals surface area contributed by atoms with Gasteiger partial charge in [0.25, 0.3) is 0 Å². The van der Waals surface area contributed by atoms with Crippen molar-refractivity contribution in [3.05, 3.63) is 23.8 Å². The molecule has 5 atom stereocenters. The third-order valence-electron chi connectivity index (χ3n) is 7.06. The van der Waals surface area contributed by atoms with E-state index in [1.165, 1.54) is 18.1 Å². The van der Waals surface area contributed by atoms with Crippen LogP contribution in [0.2, 0.25) is 0 Å². The second-order valence-corrected chi connectivity index (χ2v) is 8.70. The summed E-state index contributed by atoms with van der Waals surface area (Å²) in [6, 6.07) is 0. The topological polar surface area (TPSA) is 63.6 Å². The molecule has 0 aliphatic heterocycles. The van der Waals surface area contributed by atoms with Crippen LogP contribution in [0.5, 0.6) is 0 Å². The molecule has 4 heteroatoms. The van der Waals surface area contributed by atoms with Crippen LogP contribution in [0, 0.1) is 22.7 Å². The van der Waals surface area contributed by atoms with Crippen molar-refractivity contribution in [1.82, 2.24) is 0 Å². The lowest BCUT2D eigenvalue weighted by Gasteiger charge is -2.59. The van der Waals surface area contributed by atoms with Gasteiger partial charge in [-0.05, 0) is 69.6 Å². The number of hydrogen-bond donors (Lipinski definition) is 1. The lowest BCUT2D eigenvalue weighted by Crippen LogP contribution is -2.57. The molecule has 2 aliphatic rings. The van der Waals surface area contributed by atoms with Crippen molar-refractivity contribution >= 4 is 12.3 Å². The van der Waals surface area contributed by atoms with Crippen LogP contribution in [0.4, 0.5) is 0 Å². The van der Waals surface area contributed by atoms with E-state index in [2.05, 4.69) is 20.4 Å². The van der Waals surface area contributed by atoms with Gasteiger partial charge in [0.05, 0.1) is 12.0 Å². The van der Waals surface area contributed by atoms with E-state index in [0.29, 0.717) is 5.92 Å². The first-order valence-corrected chi connectivity index (χ1v) is 9.76. The standard InChI is InChI=1S/C22H34O4/c1-15(11-13-23)6-8-18-16(2)7-9-19-21(18,4)12-10-20(26-17(3)25)22(19,5)14-24/h11,14,18-20,23H,2,6-10,12-13H2,1,3-5H3/b15-11+/t18-,19+,20+,21-,22+/m0/s1. The molecule has 26 heavy (non-hydrogen) atoms. The molecular formula is C22H34O4. The minimum absolute atomic E-state index is 0.0128. The molecule has 2 fully saturated rings. The van der Waals surface area contributed by atoms with E-state index in [1.807, 2.05) is 13.0 Å². The lowest BCUT2D eigenvalue weighted by molar-refractivity contribution is -0.177. The Labute approximate surface area is 157 Å². The van der Waals surface area contributed by atoms with Gasteiger partial charge in [0.1, 0.15) is 12.4 Å². The van der Waals surface area contributed by atoms with Crippen LogP contribution in [0.3, 0.4) is 0 Å². The number of rotatable bonds is 6. The summed E-state index contributed by atoms with van der Waals surface area (Å²) in [4.78, 5) is 23.7. The number of carbonyl (C=O) groups is 2. The highest BCUT2D eigenvalue weighted by molar-refractivity contribution is 5.68. The van der Waals surface area contributed by atoms with E-state index in [-0.39, 0.29) is 30.0 Å². The lowest BCUT2D eigenvalue weighted by atomic mass is 9.46. The number of esters is 1. The number of fused-ring (bicyclic) bond motifs is 1. The summed E-state index contributed by atoms with van der Waals surface area (Å²) in [5.74, 6) is 0.220. The van der Waals surface area contributed by atoms with E-state index in [1.54, 1.807) is 0 Å². The molecule has 0 saturated heterocycles. The van der Waals surface area contributed by atoms with Crippen molar-refractivity contribution in [2.24, 2.45) is 22.7 Å². The molecule has 1 N–H and O–H groups in total. The molecule has 0 radical (unpaired) electrons. The van der Waals surface area contributed by atoms with Crippen molar-refractivity contribution in [3.8, 4) is 0 Å². The van der Waals surface area contributed by atoms with E-state index < -0.39 is 5.41 Å². The van der Waals surface area contributed by atoms with Crippen LogP contribution in [-0.2, 0) is 14.3 Å². The van der Waals surface area contributed by atoms with Gasteiger partial charge in [-0.3, -0.25) is 4.79 Å². The number of hydrogen-bond acceptors (Lipinski definition) is 4. The summed E-state index contributed by atoms with van der Waals surface area (Å²) in [7, 11) is 0. The van der Waals surface area contributed by atoms with Gasteiger partial charge in [0, 0.05) is 6.92 Å². The fraction of sp³-hybridized carbons (Fsp3) is 0.727. The fourth-order valence-corrected chi connectivity index (χ4v) is 5.60. The Morgan fingerprint density at radius 3 is 2.62 bits per heavy atom. The molecule has 4 nitrogen and oxygen atoms in total. The van der Waals surface area contributed by atoms with Gasteiger partial charge in [-0.25, -0.2) is 0 Å². The number of ether oxygens (including phenoxy) is 1. The average Bonchev–Trinajstić information content (AvgIpc) is 2.57. The predicted molar refractivity (Wildman–Crippen MR) is 102 cm³/mol. The summed E-state index contributed by atoms with van der Waals surface area (Å²) in [6.45, 7) is 12.2. The van der Waals surface area contributed by atoms with E-state index in [4.69, 9.17) is 9.84 Å². The maximum atomic E-state index is 12.2. The molecule has 0 amide bonds. The van der Waals surface area contributed by atoms with Crippen molar-refractivity contribution in [2.75, 3.05) is 6.61 Å². The zero-order chi connectivity index (χ0) is 19.5. The van der Waals surface area contributed by atoms with Gasteiger partial charge < -0.3 is 14.6 Å². The first kappa shape index (κ1) is 20.9. The highest BCUT2D eigenvalue weighted by Gasteiger charge is 2.59. The van der Waals surface area contributed by atoms with Gasteiger partial charge >= 0.3 is 5.97 Å². The van der Waals surface area contributed by atoms with Gasteiger partial charge in [-0.2, -0.15) is 0 Å². The van der Waals surface area contributed by atoms with Crippen LogP contribution in [0.15, 0.2) is 23.8 Å². The van der Waals surface area contributed by atoms with Crippen LogP contribution in [0.1, 0.15) is 66.2 Å². The molecule has 0 unspecified atom stereocenters. The molecule has 0 bridgehead atoms. The Morgan fingerprint density at radius 1 is 1.35 bits per heavy atom. The Hall–Kier alpha value is -1.42. The van der Waals surface area contributed by atoms with Gasteiger partial charge in [0.15, 0.2) is 0 Å². The summed E-state index contributed by atoms with van der Waals surface area (Å²) >= 11 is 0. The van der Waals surface area contributed by atoms with Gasteiger partial charge in [0.2, 0.25) is 0 Å². The summed E-state index contributed by atoms with van der Waals surface area (Å²) in [5, 5.41) is 9.09. The summed E-state index contributed by atoms with van der Waals surface area (Å²) < 4.78 is 5.55. The zero-order valence-electron chi connectivity index (χ0n) is 16.7. The third-order valence-corrected chi connectivity index (χ3v) is 7.06. The van der Waals surface area contributed by atoms with Crippen LogP contribution in [-0.4, -0.2) is 30.1 Å². The summed E-state index contributed by atoms with van der Waals surface area (Å²) in [5.41, 5.74) is 1.81. The van der Waals surface area contributed by atoms with E-state index >= 15 is 0 Å². The maximum absolute atomic E-state index is 12.2. The monoisotopic (exact) mass is 362 g/mol. The van der Waals surface area contributed by atoms with Gasteiger partial charge in [-0.15, -0.1) is 0 Å². The maximum Gasteiger partial charge on any atom is 0.302 e. The quantitative estimate of drug-likeness (QED) is 0.436. The molecule has 2 rings (SSSR count). The molecule has 0 aromatic rings. The molecule has 0 heterocycles. The van der Waals surface area contributed by atoms with Crippen LogP contribution in [0.25, 0.3) is 0 Å². The highest BCUT2D eigenvalue weighted by atomic mass is 16.5. The van der Waals surface area contributed by atoms with Crippen molar-refractivity contribution in [1.29, 1.82) is 0 Å². The average molecular weight is 363 g/mol. The fourth-order valence-electron chi connectivity index (χ4n) is 5.60. The molecule has 2 saturated carbocycles. The van der Waals surface area contributed by atoms with Crippen molar-refractivity contribution in [3.63, 3.8) is 0 Å². The Balaban J connectivity index is 2.29. The Morgan fingerprint density at radius 2 is 2.04 bits per heavy atom. The van der Waals surface area contributed by atoms with Crippen molar-refractivity contribution < 1.29 is 19.4 Å². The van der Waals surface area contributed by atoms with Crippen LogP contribution < -0.4 is 0 Å². The smallest absolute Gasteiger partial charge is 0.302 e. The van der Waals surface area contributed by atoms with Gasteiger partial charge in [-0.1, -0.05) is 30.7 Å². The highest BCUT2D eigenvalue weighted by Crippen LogP contribution is 2.61. The predicted octanol–water partition coefficient (Wildman–Crippen LogP) is 4.22. The zero-order valence-corrected chi connectivity index (χ0v) is 16.7. The summed E-state index contributed by atoms with van der Waals surface area (Å²) in [6.07, 6.45) is 7.97. The second-order valence-electron chi connectivity index (χ2n) is 8.70. The normalized spacial score (nSPS) is 37.8. The SMILES string of the molecule is C=C1CC[C@H]2[C@@](C)(C=O)[C@H](OC(C)=O)CC[C@@]2(C)[C@H]1CC/C(C)=C/CO. The van der Waals surface area contributed by atoms with Crippen LogP contribution >= 0.6 is 0 Å². The first-order chi connectivity index (χ1) is 12.2. The number of allylic oxidation sites excluding steroid dienone is 2. The second kappa shape index (κ2) is 8.08. The molecule has 2 aliphatic carbocycles. The molecule has 0 aromatic carbocycles. The Kier molecular flexibility index (Phi) is 6.49. The Bertz CT molecular complexity index is 593. The van der Waals surface area contributed by atoms with E-state index in [0.717, 1.165) is 44.8 Å². The molecular weight excluding hydrogens is 328 g/mol. The van der Waals surface area contributed by atoms with Crippen molar-refractivity contribution in [2.45, 2.75) is 72.3 Å².